The third kappa shape index (κ3) is 7.58. The minimum absolute atomic E-state index is 0.0509. The second kappa shape index (κ2) is 13.1. The van der Waals surface area contributed by atoms with Crippen molar-refractivity contribution in [2.24, 2.45) is 0 Å². The number of anilines is 1. The van der Waals surface area contributed by atoms with E-state index in [2.05, 4.69) is 41.1 Å². The fraction of sp³-hybridized carbons (Fsp3) is 0.270. The van der Waals surface area contributed by atoms with Gasteiger partial charge in [0.2, 0.25) is 5.91 Å². The summed E-state index contributed by atoms with van der Waals surface area (Å²) in [4.78, 5) is 30.6. The zero-order valence-electron chi connectivity index (χ0n) is 25.4. The normalized spacial score (nSPS) is 11.4. The standard InChI is InChI=1S/C37H39N3O3/c1-5-6-16-34-39-32-22-21-29(38-35(41)23-26-12-8-7-9-13-26)24-33(32)40(34)25-27-17-19-28(20-18-27)30-14-10-11-15-31(30)36(42)43-37(2,3)4/h7-15,17-22,24H,5-6,16,23,25H2,1-4H3,(H,38,41). The number of carbonyl (C=O) groups is 2. The topological polar surface area (TPSA) is 73.2 Å². The van der Waals surface area contributed by atoms with Crippen molar-refractivity contribution in [3.05, 3.63) is 120 Å². The second-order valence-electron chi connectivity index (χ2n) is 11.9. The lowest BCUT2D eigenvalue weighted by Gasteiger charge is -2.20. The van der Waals surface area contributed by atoms with Crippen molar-refractivity contribution in [2.75, 3.05) is 5.32 Å². The molecule has 6 heteroatoms. The number of aromatic nitrogens is 2. The number of amides is 1. The summed E-state index contributed by atoms with van der Waals surface area (Å²) in [6.45, 7) is 8.45. The van der Waals surface area contributed by atoms with Crippen LogP contribution in [0.4, 0.5) is 5.69 Å². The number of ether oxygens (including phenoxy) is 1. The van der Waals surface area contributed by atoms with Crippen LogP contribution in [0.5, 0.6) is 0 Å². The van der Waals surface area contributed by atoms with Gasteiger partial charge in [0, 0.05) is 18.7 Å². The van der Waals surface area contributed by atoms with Crippen LogP contribution in [-0.2, 0) is 28.9 Å². The van der Waals surface area contributed by atoms with Gasteiger partial charge >= 0.3 is 5.97 Å². The molecule has 0 aliphatic rings. The van der Waals surface area contributed by atoms with Crippen LogP contribution in [0.2, 0.25) is 0 Å². The van der Waals surface area contributed by atoms with Crippen LogP contribution in [0.25, 0.3) is 22.2 Å². The summed E-state index contributed by atoms with van der Waals surface area (Å²) in [6, 6.07) is 31.5. The maximum Gasteiger partial charge on any atom is 0.339 e. The van der Waals surface area contributed by atoms with Crippen molar-refractivity contribution in [1.82, 2.24) is 9.55 Å². The number of benzene rings is 4. The lowest BCUT2D eigenvalue weighted by molar-refractivity contribution is -0.115. The Morgan fingerprint density at radius 1 is 0.860 bits per heavy atom. The first-order valence-corrected chi connectivity index (χ1v) is 14.9. The van der Waals surface area contributed by atoms with E-state index < -0.39 is 5.60 Å². The van der Waals surface area contributed by atoms with Gasteiger partial charge in [0.05, 0.1) is 23.0 Å². The minimum Gasteiger partial charge on any atom is -0.456 e. The first-order valence-electron chi connectivity index (χ1n) is 14.9. The molecule has 0 atom stereocenters. The van der Waals surface area contributed by atoms with Crippen LogP contribution < -0.4 is 5.32 Å². The molecule has 0 saturated carbocycles. The predicted octanol–water partition coefficient (Wildman–Crippen LogP) is 8.23. The van der Waals surface area contributed by atoms with Crippen LogP contribution in [0.1, 0.15) is 67.8 Å². The molecule has 1 amide bonds. The lowest BCUT2D eigenvalue weighted by atomic mass is 9.98. The molecule has 0 bridgehead atoms. The van der Waals surface area contributed by atoms with Crippen LogP contribution in [0.15, 0.2) is 97.1 Å². The fourth-order valence-electron chi connectivity index (χ4n) is 5.16. The molecule has 220 valence electrons. The van der Waals surface area contributed by atoms with Crippen LogP contribution in [0.3, 0.4) is 0 Å². The van der Waals surface area contributed by atoms with E-state index in [1.54, 1.807) is 0 Å². The van der Waals surface area contributed by atoms with Gasteiger partial charge in [-0.15, -0.1) is 0 Å². The molecule has 1 aromatic heterocycles. The summed E-state index contributed by atoms with van der Waals surface area (Å²) in [6.07, 6.45) is 3.33. The molecule has 0 unspecified atom stereocenters. The average molecular weight is 574 g/mol. The van der Waals surface area contributed by atoms with Crippen molar-refractivity contribution in [1.29, 1.82) is 0 Å². The van der Waals surface area contributed by atoms with E-state index in [1.165, 1.54) is 0 Å². The van der Waals surface area contributed by atoms with E-state index in [4.69, 9.17) is 9.72 Å². The van der Waals surface area contributed by atoms with Gasteiger partial charge in [-0.25, -0.2) is 9.78 Å². The second-order valence-corrected chi connectivity index (χ2v) is 11.9. The van der Waals surface area contributed by atoms with Crippen molar-refractivity contribution in [3.8, 4) is 11.1 Å². The number of rotatable bonds is 10. The average Bonchev–Trinajstić information content (AvgIpc) is 3.32. The number of imidazole rings is 1. The fourth-order valence-corrected chi connectivity index (χ4v) is 5.16. The highest BCUT2D eigenvalue weighted by Gasteiger charge is 2.21. The molecule has 1 heterocycles. The molecule has 43 heavy (non-hydrogen) atoms. The zero-order chi connectivity index (χ0) is 30.4. The maximum absolute atomic E-state index is 12.9. The number of carbonyl (C=O) groups excluding carboxylic acids is 2. The van der Waals surface area contributed by atoms with Gasteiger partial charge in [-0.3, -0.25) is 4.79 Å². The third-order valence-electron chi connectivity index (χ3n) is 7.22. The highest BCUT2D eigenvalue weighted by Crippen LogP contribution is 2.28. The lowest BCUT2D eigenvalue weighted by Crippen LogP contribution is -2.24. The van der Waals surface area contributed by atoms with Crippen molar-refractivity contribution in [2.45, 2.75) is 65.5 Å². The Labute approximate surface area is 253 Å². The Bertz CT molecular complexity index is 1710. The van der Waals surface area contributed by atoms with Crippen LogP contribution >= 0.6 is 0 Å². The smallest absolute Gasteiger partial charge is 0.339 e. The van der Waals surface area contributed by atoms with Gasteiger partial charge in [-0.1, -0.05) is 86.1 Å². The summed E-state index contributed by atoms with van der Waals surface area (Å²) in [5.41, 5.74) is 6.53. The quantitative estimate of drug-likeness (QED) is 0.171. The summed E-state index contributed by atoms with van der Waals surface area (Å²) in [7, 11) is 0. The Hall–Kier alpha value is -4.71. The first-order chi connectivity index (χ1) is 20.7. The van der Waals surface area contributed by atoms with E-state index in [1.807, 2.05) is 93.6 Å². The number of nitrogens with zero attached hydrogens (tertiary/aromatic N) is 2. The highest BCUT2D eigenvalue weighted by molar-refractivity contribution is 5.97. The molecule has 0 saturated heterocycles. The molecule has 4 aromatic carbocycles. The van der Waals surface area contributed by atoms with E-state index in [9.17, 15) is 9.59 Å². The van der Waals surface area contributed by atoms with Crippen LogP contribution in [-0.4, -0.2) is 27.0 Å². The summed E-state index contributed by atoms with van der Waals surface area (Å²) in [5.74, 6) is 0.651. The van der Waals surface area contributed by atoms with Crippen molar-refractivity contribution < 1.29 is 14.3 Å². The van der Waals surface area contributed by atoms with E-state index in [0.717, 1.165) is 64.1 Å². The molecule has 1 N–H and O–H groups in total. The van der Waals surface area contributed by atoms with Crippen molar-refractivity contribution >= 4 is 28.6 Å². The molecule has 0 spiro atoms. The molecule has 0 aliphatic heterocycles. The number of fused-ring (bicyclic) bond motifs is 1. The summed E-state index contributed by atoms with van der Waals surface area (Å²) >= 11 is 0. The zero-order valence-corrected chi connectivity index (χ0v) is 25.4. The monoisotopic (exact) mass is 573 g/mol. The van der Waals surface area contributed by atoms with Gasteiger partial charge < -0.3 is 14.6 Å². The molecule has 5 rings (SSSR count). The molecule has 5 aromatic rings. The van der Waals surface area contributed by atoms with E-state index in [0.29, 0.717) is 18.5 Å². The van der Waals surface area contributed by atoms with Gasteiger partial charge in [0.1, 0.15) is 11.4 Å². The number of unbranched alkanes of at least 4 members (excludes halogenated alkanes) is 1. The van der Waals surface area contributed by atoms with Gasteiger partial charge in [0.25, 0.3) is 0 Å². The van der Waals surface area contributed by atoms with Gasteiger partial charge in [-0.05, 0) is 73.7 Å². The third-order valence-corrected chi connectivity index (χ3v) is 7.22. The molecule has 0 radical (unpaired) electrons. The van der Waals surface area contributed by atoms with Crippen molar-refractivity contribution in [3.63, 3.8) is 0 Å². The predicted molar refractivity (Wildman–Crippen MR) is 173 cm³/mol. The Morgan fingerprint density at radius 3 is 2.30 bits per heavy atom. The number of aryl methyl sites for hydroxylation is 1. The number of nitrogens with one attached hydrogen (secondary N) is 1. The maximum atomic E-state index is 12.9. The highest BCUT2D eigenvalue weighted by atomic mass is 16.6. The summed E-state index contributed by atoms with van der Waals surface area (Å²) < 4.78 is 7.91. The molecule has 0 aliphatic carbocycles. The van der Waals surface area contributed by atoms with Gasteiger partial charge in [-0.2, -0.15) is 0 Å². The van der Waals surface area contributed by atoms with E-state index in [-0.39, 0.29) is 11.9 Å². The molecular formula is C37H39N3O3. The largest absolute Gasteiger partial charge is 0.456 e. The molecule has 6 nitrogen and oxygen atoms in total. The molecular weight excluding hydrogens is 534 g/mol. The number of esters is 1. The Balaban J connectivity index is 1.40. The number of hydrogen-bond acceptors (Lipinski definition) is 4. The van der Waals surface area contributed by atoms with Crippen LogP contribution in [0, 0.1) is 0 Å². The Morgan fingerprint density at radius 2 is 1.58 bits per heavy atom. The van der Waals surface area contributed by atoms with E-state index >= 15 is 0 Å². The Kier molecular flexibility index (Phi) is 9.05. The first kappa shape index (κ1) is 29.8. The molecule has 0 fully saturated rings. The minimum atomic E-state index is -0.568. The SMILES string of the molecule is CCCCc1nc2ccc(NC(=O)Cc3ccccc3)cc2n1Cc1ccc(-c2ccccc2C(=O)OC(C)(C)C)cc1. The number of hydrogen-bond donors (Lipinski definition) is 1. The summed E-state index contributed by atoms with van der Waals surface area (Å²) in [5, 5.41) is 3.06. The van der Waals surface area contributed by atoms with Gasteiger partial charge in [0.15, 0.2) is 0 Å².